The van der Waals surface area contributed by atoms with Crippen LogP contribution in [0.1, 0.15) is 18.5 Å². The Hall–Kier alpha value is -4.13. The van der Waals surface area contributed by atoms with Crippen LogP contribution in [0.2, 0.25) is 0 Å². The monoisotopic (exact) mass is 481 g/mol. The molecule has 1 aliphatic rings. The number of methoxy groups -OCH3 is 1. The van der Waals surface area contributed by atoms with Crippen molar-refractivity contribution in [3.63, 3.8) is 0 Å². The zero-order valence-electron chi connectivity index (χ0n) is 20.6. The van der Waals surface area contributed by atoms with E-state index in [1.54, 1.807) is 7.11 Å². The van der Waals surface area contributed by atoms with Gasteiger partial charge in [-0.25, -0.2) is 9.97 Å². The molecule has 3 heterocycles. The fraction of sp³-hybridized carbons (Fsp3) is 0.276. The fourth-order valence-corrected chi connectivity index (χ4v) is 4.61. The number of ether oxygens (including phenoxy) is 1. The summed E-state index contributed by atoms with van der Waals surface area (Å²) in [6, 6.07) is 24.0. The first kappa shape index (κ1) is 23.6. The number of carbonyl (C=O) groups excluding carboxylic acids is 1. The Kier molecular flexibility index (Phi) is 7.26. The number of nitrogens with zero attached hydrogens (tertiary/aromatic N) is 4. The van der Waals surface area contributed by atoms with Crippen LogP contribution in [0.15, 0.2) is 79.0 Å². The lowest BCUT2D eigenvalue weighted by atomic mass is 10.1. The first-order chi connectivity index (χ1) is 17.7. The molecule has 0 saturated carbocycles. The minimum Gasteiger partial charge on any atom is -0.497 e. The number of imidazole rings is 1. The molecule has 1 saturated heterocycles. The van der Waals surface area contributed by atoms with Crippen molar-refractivity contribution in [1.82, 2.24) is 19.9 Å². The van der Waals surface area contributed by atoms with E-state index >= 15 is 0 Å². The molecule has 1 N–H and O–H groups in total. The van der Waals surface area contributed by atoms with E-state index in [-0.39, 0.29) is 5.91 Å². The number of rotatable bonds is 8. The number of amides is 1. The van der Waals surface area contributed by atoms with E-state index in [1.807, 2.05) is 71.8 Å². The second kappa shape index (κ2) is 11.1. The number of aryl methyl sites for hydroxylation is 1. The van der Waals surface area contributed by atoms with Gasteiger partial charge in [0.15, 0.2) is 0 Å². The Balaban J connectivity index is 1.22. The van der Waals surface area contributed by atoms with E-state index in [0.29, 0.717) is 6.42 Å². The van der Waals surface area contributed by atoms with E-state index in [4.69, 9.17) is 9.72 Å². The van der Waals surface area contributed by atoms with Gasteiger partial charge in [0.1, 0.15) is 17.4 Å². The normalized spacial score (nSPS) is 13.6. The van der Waals surface area contributed by atoms with Gasteiger partial charge in [0.25, 0.3) is 0 Å². The molecule has 0 atom stereocenters. The Bertz CT molecular complexity index is 1260. The van der Waals surface area contributed by atoms with Gasteiger partial charge in [0.2, 0.25) is 5.91 Å². The molecule has 184 valence electrons. The van der Waals surface area contributed by atoms with Crippen molar-refractivity contribution in [2.24, 2.45) is 0 Å². The largest absolute Gasteiger partial charge is 0.497 e. The third-order valence-electron chi connectivity index (χ3n) is 6.61. The molecule has 0 aliphatic carbocycles. The molecule has 5 rings (SSSR count). The van der Waals surface area contributed by atoms with Gasteiger partial charge in [0, 0.05) is 55.6 Å². The van der Waals surface area contributed by atoms with Gasteiger partial charge in [-0.1, -0.05) is 36.4 Å². The topological polar surface area (TPSA) is 74.3 Å². The molecule has 0 bridgehead atoms. The SMILES string of the molecule is COc1ccc(-c2nc(-c3ccccc3)c(CCCC(=O)N3CCN(c4ccccn4)CC3)[nH]2)cc1. The summed E-state index contributed by atoms with van der Waals surface area (Å²) in [5.41, 5.74) is 4.07. The summed E-state index contributed by atoms with van der Waals surface area (Å²) in [5, 5.41) is 0. The number of pyridine rings is 1. The Morgan fingerprint density at radius 1 is 0.917 bits per heavy atom. The van der Waals surface area contributed by atoms with Gasteiger partial charge in [-0.3, -0.25) is 4.79 Å². The van der Waals surface area contributed by atoms with Crippen LogP contribution in [0.5, 0.6) is 5.75 Å². The second-order valence-electron chi connectivity index (χ2n) is 8.92. The van der Waals surface area contributed by atoms with Crippen LogP contribution in [-0.4, -0.2) is 59.0 Å². The van der Waals surface area contributed by atoms with Crippen LogP contribution in [0.4, 0.5) is 5.82 Å². The maximum absolute atomic E-state index is 12.9. The molecule has 1 fully saturated rings. The molecule has 0 spiro atoms. The minimum atomic E-state index is 0.215. The second-order valence-corrected chi connectivity index (χ2v) is 8.92. The highest BCUT2D eigenvalue weighted by Gasteiger charge is 2.22. The van der Waals surface area contributed by atoms with Crippen molar-refractivity contribution >= 4 is 11.7 Å². The van der Waals surface area contributed by atoms with E-state index in [9.17, 15) is 4.79 Å². The van der Waals surface area contributed by atoms with Crippen LogP contribution in [-0.2, 0) is 11.2 Å². The molecule has 7 nitrogen and oxygen atoms in total. The van der Waals surface area contributed by atoms with Crippen molar-refractivity contribution in [2.75, 3.05) is 38.2 Å². The summed E-state index contributed by atoms with van der Waals surface area (Å²) < 4.78 is 5.28. The number of piperazine rings is 1. The van der Waals surface area contributed by atoms with Gasteiger partial charge >= 0.3 is 0 Å². The molecular weight excluding hydrogens is 450 g/mol. The number of hydrogen-bond donors (Lipinski definition) is 1. The number of benzene rings is 2. The first-order valence-electron chi connectivity index (χ1n) is 12.4. The van der Waals surface area contributed by atoms with Crippen molar-refractivity contribution < 1.29 is 9.53 Å². The molecule has 36 heavy (non-hydrogen) atoms. The van der Waals surface area contributed by atoms with E-state index in [1.165, 1.54) is 0 Å². The van der Waals surface area contributed by atoms with Crippen molar-refractivity contribution in [1.29, 1.82) is 0 Å². The predicted molar refractivity (Wildman–Crippen MR) is 142 cm³/mol. The molecule has 1 aliphatic heterocycles. The van der Waals surface area contributed by atoms with Gasteiger partial charge in [-0.15, -0.1) is 0 Å². The highest BCUT2D eigenvalue weighted by molar-refractivity contribution is 5.76. The summed E-state index contributed by atoms with van der Waals surface area (Å²) in [6.07, 6.45) is 3.86. The summed E-state index contributed by atoms with van der Waals surface area (Å²) >= 11 is 0. The maximum atomic E-state index is 12.9. The molecule has 2 aromatic carbocycles. The summed E-state index contributed by atoms with van der Waals surface area (Å²) in [7, 11) is 1.66. The molecule has 2 aromatic heterocycles. The van der Waals surface area contributed by atoms with Gasteiger partial charge in [-0.2, -0.15) is 0 Å². The molecular formula is C29H31N5O2. The van der Waals surface area contributed by atoms with Crippen LogP contribution in [0, 0.1) is 0 Å². The Morgan fingerprint density at radius 3 is 2.36 bits per heavy atom. The van der Waals surface area contributed by atoms with Crippen LogP contribution in [0.3, 0.4) is 0 Å². The van der Waals surface area contributed by atoms with Crippen molar-refractivity contribution in [3.8, 4) is 28.4 Å². The summed E-state index contributed by atoms with van der Waals surface area (Å²) in [6.45, 7) is 3.09. The van der Waals surface area contributed by atoms with E-state index in [2.05, 4.69) is 27.0 Å². The van der Waals surface area contributed by atoms with Gasteiger partial charge in [0.05, 0.1) is 12.8 Å². The lowest BCUT2D eigenvalue weighted by Gasteiger charge is -2.35. The zero-order valence-corrected chi connectivity index (χ0v) is 20.6. The average molecular weight is 482 g/mol. The molecule has 7 heteroatoms. The number of H-pyrrole nitrogens is 1. The number of aromatic nitrogens is 3. The molecule has 0 unspecified atom stereocenters. The number of aromatic amines is 1. The number of carbonyl (C=O) groups is 1. The highest BCUT2D eigenvalue weighted by Crippen LogP contribution is 2.28. The third-order valence-corrected chi connectivity index (χ3v) is 6.61. The maximum Gasteiger partial charge on any atom is 0.222 e. The summed E-state index contributed by atoms with van der Waals surface area (Å²) in [4.78, 5) is 30.0. The smallest absolute Gasteiger partial charge is 0.222 e. The fourth-order valence-electron chi connectivity index (χ4n) is 4.61. The lowest BCUT2D eigenvalue weighted by molar-refractivity contribution is -0.131. The summed E-state index contributed by atoms with van der Waals surface area (Å²) in [5.74, 6) is 2.83. The molecule has 0 radical (unpaired) electrons. The highest BCUT2D eigenvalue weighted by atomic mass is 16.5. The van der Waals surface area contributed by atoms with Crippen molar-refractivity contribution in [2.45, 2.75) is 19.3 Å². The first-order valence-corrected chi connectivity index (χ1v) is 12.4. The standard InChI is InChI=1S/C29H31N5O2/c1-36-24-15-13-23(14-16-24)29-31-25(28(32-29)22-8-3-2-4-9-22)10-7-12-27(35)34-20-18-33(19-21-34)26-11-5-6-17-30-26/h2-6,8-9,11,13-17H,7,10,12,18-21H2,1H3,(H,31,32). The van der Waals surface area contributed by atoms with E-state index in [0.717, 1.165) is 78.9 Å². The zero-order chi connectivity index (χ0) is 24.7. The van der Waals surface area contributed by atoms with E-state index < -0.39 is 0 Å². The molecule has 4 aromatic rings. The number of anilines is 1. The number of hydrogen-bond acceptors (Lipinski definition) is 5. The predicted octanol–water partition coefficient (Wildman–Crippen LogP) is 4.82. The van der Waals surface area contributed by atoms with Crippen LogP contribution in [0.25, 0.3) is 22.6 Å². The number of nitrogens with one attached hydrogen (secondary N) is 1. The Labute approximate surface area is 211 Å². The minimum absolute atomic E-state index is 0.215. The average Bonchev–Trinajstić information content (AvgIpc) is 3.38. The van der Waals surface area contributed by atoms with Crippen molar-refractivity contribution in [3.05, 3.63) is 84.7 Å². The quantitative estimate of drug-likeness (QED) is 0.391. The van der Waals surface area contributed by atoms with Gasteiger partial charge < -0.3 is 19.5 Å². The lowest BCUT2D eigenvalue weighted by Crippen LogP contribution is -2.49. The Morgan fingerprint density at radius 2 is 1.67 bits per heavy atom. The van der Waals surface area contributed by atoms with Crippen LogP contribution >= 0.6 is 0 Å². The molecule has 1 amide bonds. The van der Waals surface area contributed by atoms with Gasteiger partial charge in [-0.05, 0) is 49.2 Å². The third kappa shape index (κ3) is 5.40. The van der Waals surface area contributed by atoms with Crippen LogP contribution < -0.4 is 9.64 Å².